The standard InChI is InChI=1S/C26H25ClFN3O4/c1-3-23-25(32)31(14-16-7-8-18(28)12-22(16)27)15-17-11-20(9-10-24(17)35-23)30-26(33)29-19-5-4-6-21(13-19)34-2/h4-13,23H,3,14-15H2,1-2H3,(H2,29,30,33). The Hall–Kier alpha value is -3.78. The number of halogens is 2. The lowest BCUT2D eigenvalue weighted by Crippen LogP contribution is -2.38. The molecule has 9 heteroatoms. The van der Waals surface area contributed by atoms with Crippen LogP contribution in [-0.4, -0.2) is 30.1 Å². The summed E-state index contributed by atoms with van der Waals surface area (Å²) < 4.78 is 24.6. The molecule has 0 fully saturated rings. The van der Waals surface area contributed by atoms with E-state index in [1.54, 1.807) is 60.5 Å². The Morgan fingerprint density at radius 2 is 1.91 bits per heavy atom. The highest BCUT2D eigenvalue weighted by atomic mass is 35.5. The summed E-state index contributed by atoms with van der Waals surface area (Å²) in [6.07, 6.45) is -0.180. The second kappa shape index (κ2) is 10.7. The van der Waals surface area contributed by atoms with Crippen LogP contribution in [0.4, 0.5) is 20.6 Å². The van der Waals surface area contributed by atoms with E-state index >= 15 is 0 Å². The van der Waals surface area contributed by atoms with Gasteiger partial charge in [0.05, 0.1) is 7.11 Å². The van der Waals surface area contributed by atoms with Crippen molar-refractivity contribution in [1.82, 2.24) is 4.90 Å². The molecule has 35 heavy (non-hydrogen) atoms. The van der Waals surface area contributed by atoms with Crippen molar-refractivity contribution >= 4 is 34.9 Å². The van der Waals surface area contributed by atoms with Crippen LogP contribution in [0, 0.1) is 5.82 Å². The minimum Gasteiger partial charge on any atom is -0.497 e. The number of carbonyl (C=O) groups is 2. The monoisotopic (exact) mass is 497 g/mol. The summed E-state index contributed by atoms with van der Waals surface area (Å²) in [6.45, 7) is 2.31. The van der Waals surface area contributed by atoms with Crippen LogP contribution in [0.15, 0.2) is 60.7 Å². The molecule has 0 saturated heterocycles. The SMILES string of the molecule is CCC1Oc2ccc(NC(=O)Nc3cccc(OC)c3)cc2CN(Cc2ccc(F)cc2Cl)C1=O. The van der Waals surface area contributed by atoms with Crippen LogP contribution < -0.4 is 20.1 Å². The maximum Gasteiger partial charge on any atom is 0.323 e. The van der Waals surface area contributed by atoms with Crippen molar-refractivity contribution in [3.8, 4) is 11.5 Å². The van der Waals surface area contributed by atoms with Gasteiger partial charge in [0, 0.05) is 41.1 Å². The summed E-state index contributed by atoms with van der Waals surface area (Å²) in [6, 6.07) is 15.9. The maximum absolute atomic E-state index is 13.5. The van der Waals surface area contributed by atoms with Crippen LogP contribution in [0.3, 0.4) is 0 Å². The van der Waals surface area contributed by atoms with E-state index in [2.05, 4.69) is 10.6 Å². The fourth-order valence-electron chi connectivity index (χ4n) is 3.83. The Morgan fingerprint density at radius 1 is 1.14 bits per heavy atom. The summed E-state index contributed by atoms with van der Waals surface area (Å²) in [5, 5.41) is 5.81. The number of benzene rings is 3. The summed E-state index contributed by atoms with van der Waals surface area (Å²) in [5.74, 6) is 0.566. The third-order valence-corrected chi connectivity index (χ3v) is 5.96. The Balaban J connectivity index is 1.53. The van der Waals surface area contributed by atoms with E-state index < -0.39 is 18.0 Å². The Bertz CT molecular complexity index is 1250. The number of ether oxygens (including phenoxy) is 2. The molecule has 0 aliphatic carbocycles. The third kappa shape index (κ3) is 5.84. The number of carbonyl (C=O) groups excluding carboxylic acids is 2. The normalized spacial score (nSPS) is 15.0. The van der Waals surface area contributed by atoms with Crippen molar-refractivity contribution in [2.45, 2.75) is 32.5 Å². The number of fused-ring (bicyclic) bond motifs is 1. The number of hydrogen-bond donors (Lipinski definition) is 2. The smallest absolute Gasteiger partial charge is 0.323 e. The highest BCUT2D eigenvalue weighted by Crippen LogP contribution is 2.31. The molecule has 182 valence electrons. The van der Waals surface area contributed by atoms with Crippen LogP contribution in [-0.2, 0) is 17.9 Å². The molecular weight excluding hydrogens is 473 g/mol. The van der Waals surface area contributed by atoms with Gasteiger partial charge in [-0.3, -0.25) is 4.79 Å². The van der Waals surface area contributed by atoms with Crippen LogP contribution in [0.25, 0.3) is 0 Å². The van der Waals surface area contributed by atoms with Crippen molar-refractivity contribution in [3.05, 3.63) is 82.6 Å². The number of nitrogens with zero attached hydrogens (tertiary/aromatic N) is 1. The quantitative estimate of drug-likeness (QED) is 0.449. The van der Waals surface area contributed by atoms with Gasteiger partial charge in [-0.2, -0.15) is 0 Å². The first-order valence-corrected chi connectivity index (χ1v) is 11.5. The molecule has 1 heterocycles. The molecule has 1 aliphatic heterocycles. The molecule has 1 atom stereocenters. The molecule has 0 spiro atoms. The largest absolute Gasteiger partial charge is 0.497 e. The zero-order valence-corrected chi connectivity index (χ0v) is 20.1. The molecule has 3 aromatic carbocycles. The van der Waals surface area contributed by atoms with E-state index in [-0.39, 0.29) is 24.0 Å². The van der Waals surface area contributed by atoms with E-state index in [0.29, 0.717) is 34.9 Å². The van der Waals surface area contributed by atoms with Gasteiger partial charge < -0.3 is 25.0 Å². The Kier molecular flexibility index (Phi) is 7.41. The van der Waals surface area contributed by atoms with E-state index in [0.717, 1.165) is 5.56 Å². The van der Waals surface area contributed by atoms with Crippen molar-refractivity contribution in [2.24, 2.45) is 0 Å². The van der Waals surface area contributed by atoms with Gasteiger partial charge in [-0.25, -0.2) is 9.18 Å². The minimum absolute atomic E-state index is 0.186. The molecule has 0 bridgehead atoms. The lowest BCUT2D eigenvalue weighted by molar-refractivity contribution is -0.139. The summed E-state index contributed by atoms with van der Waals surface area (Å²) in [5.41, 5.74) is 2.48. The Labute approximate surface area is 207 Å². The average molecular weight is 498 g/mol. The van der Waals surface area contributed by atoms with E-state index in [4.69, 9.17) is 21.1 Å². The van der Waals surface area contributed by atoms with Crippen LogP contribution in [0.5, 0.6) is 11.5 Å². The highest BCUT2D eigenvalue weighted by molar-refractivity contribution is 6.31. The molecule has 1 aliphatic rings. The first-order valence-electron chi connectivity index (χ1n) is 11.1. The summed E-state index contributed by atoms with van der Waals surface area (Å²) in [4.78, 5) is 27.3. The number of rotatable bonds is 6. The second-order valence-corrected chi connectivity index (χ2v) is 8.49. The summed E-state index contributed by atoms with van der Waals surface area (Å²) >= 11 is 6.20. The molecule has 3 aromatic rings. The van der Waals surface area contributed by atoms with Crippen LogP contribution in [0.2, 0.25) is 5.02 Å². The van der Waals surface area contributed by atoms with Crippen molar-refractivity contribution in [1.29, 1.82) is 0 Å². The van der Waals surface area contributed by atoms with Gasteiger partial charge in [-0.1, -0.05) is 30.7 Å². The summed E-state index contributed by atoms with van der Waals surface area (Å²) in [7, 11) is 1.55. The molecule has 2 N–H and O–H groups in total. The van der Waals surface area contributed by atoms with Gasteiger partial charge in [0.15, 0.2) is 6.10 Å². The number of nitrogens with one attached hydrogen (secondary N) is 2. The van der Waals surface area contributed by atoms with Gasteiger partial charge in [-0.15, -0.1) is 0 Å². The van der Waals surface area contributed by atoms with Gasteiger partial charge in [0.2, 0.25) is 0 Å². The highest BCUT2D eigenvalue weighted by Gasteiger charge is 2.30. The second-order valence-electron chi connectivity index (χ2n) is 8.08. The first kappa shape index (κ1) is 24.3. The number of hydrogen-bond acceptors (Lipinski definition) is 4. The predicted molar refractivity (Wildman–Crippen MR) is 132 cm³/mol. The fourth-order valence-corrected chi connectivity index (χ4v) is 4.06. The zero-order valence-electron chi connectivity index (χ0n) is 19.3. The van der Waals surface area contributed by atoms with Gasteiger partial charge >= 0.3 is 6.03 Å². The molecule has 0 radical (unpaired) electrons. The minimum atomic E-state index is -0.661. The Morgan fingerprint density at radius 3 is 2.63 bits per heavy atom. The molecular formula is C26H25ClFN3O4. The molecule has 4 rings (SSSR count). The lowest BCUT2D eigenvalue weighted by Gasteiger charge is -2.23. The first-order chi connectivity index (χ1) is 16.9. The van der Waals surface area contributed by atoms with Crippen LogP contribution in [0.1, 0.15) is 24.5 Å². The third-order valence-electron chi connectivity index (χ3n) is 5.61. The van der Waals surface area contributed by atoms with Crippen LogP contribution >= 0.6 is 11.6 Å². The molecule has 0 saturated carbocycles. The average Bonchev–Trinajstić information content (AvgIpc) is 2.96. The number of urea groups is 1. The van der Waals surface area contributed by atoms with Crippen molar-refractivity contribution in [3.63, 3.8) is 0 Å². The number of methoxy groups -OCH3 is 1. The van der Waals surface area contributed by atoms with Gasteiger partial charge in [-0.05, 0) is 54.4 Å². The van der Waals surface area contributed by atoms with E-state index in [1.807, 2.05) is 6.92 Å². The number of anilines is 2. The molecule has 0 aromatic heterocycles. The zero-order chi connectivity index (χ0) is 24.9. The van der Waals surface area contributed by atoms with E-state index in [1.165, 1.54) is 12.1 Å². The van der Waals surface area contributed by atoms with E-state index in [9.17, 15) is 14.0 Å². The van der Waals surface area contributed by atoms with Crippen molar-refractivity contribution < 1.29 is 23.5 Å². The van der Waals surface area contributed by atoms with Gasteiger partial charge in [0.25, 0.3) is 5.91 Å². The lowest BCUT2D eigenvalue weighted by atomic mass is 10.1. The van der Waals surface area contributed by atoms with Crippen molar-refractivity contribution in [2.75, 3.05) is 17.7 Å². The molecule has 1 unspecified atom stereocenters. The number of amides is 3. The topological polar surface area (TPSA) is 79.9 Å². The molecule has 3 amide bonds. The molecule has 7 nitrogen and oxygen atoms in total. The van der Waals surface area contributed by atoms with Gasteiger partial charge in [0.1, 0.15) is 17.3 Å². The fraction of sp³-hybridized carbons (Fsp3) is 0.231. The predicted octanol–water partition coefficient (Wildman–Crippen LogP) is 5.83. The maximum atomic E-state index is 13.5.